The van der Waals surface area contributed by atoms with Gasteiger partial charge in [-0.05, 0) is 93.4 Å². The van der Waals surface area contributed by atoms with Gasteiger partial charge in [-0.25, -0.2) is 9.37 Å². The Morgan fingerprint density at radius 2 is 1.12 bits per heavy atom. The molecule has 1 atom stereocenters. The second kappa shape index (κ2) is 14.2. The van der Waals surface area contributed by atoms with Gasteiger partial charge in [0.15, 0.2) is 14.2 Å². The molecule has 1 aliphatic heterocycles. The number of alkyl halides is 1. The summed E-state index contributed by atoms with van der Waals surface area (Å²) in [6.07, 6.45) is 2.26. The van der Waals surface area contributed by atoms with E-state index in [4.69, 9.17) is 4.98 Å². The minimum absolute atomic E-state index is 0.572. The molecule has 0 saturated heterocycles. The normalized spacial score (nSPS) is 13.5. The number of fused-ring (bicyclic) bond motifs is 6. The van der Waals surface area contributed by atoms with Gasteiger partial charge >= 0.3 is 0 Å². The van der Waals surface area contributed by atoms with Crippen LogP contribution in [0.3, 0.4) is 0 Å². The molecule has 7 aromatic carbocycles. The molecule has 4 nitrogen and oxygen atoms in total. The highest BCUT2D eigenvalue weighted by Crippen LogP contribution is 2.43. The molecule has 0 amide bonds. The van der Waals surface area contributed by atoms with Crippen LogP contribution in [0.2, 0.25) is 0 Å². The van der Waals surface area contributed by atoms with Gasteiger partial charge in [0.1, 0.15) is 5.65 Å². The molecule has 11 rings (SSSR count). The van der Waals surface area contributed by atoms with Crippen LogP contribution in [0.15, 0.2) is 219 Å². The molecule has 280 valence electrons. The third-order valence-electron chi connectivity index (χ3n) is 11.8. The van der Waals surface area contributed by atoms with E-state index in [-0.39, 0.29) is 0 Å². The van der Waals surface area contributed by atoms with Gasteiger partial charge in [-0.15, -0.1) is 0 Å². The zero-order chi connectivity index (χ0) is 39.3. The van der Waals surface area contributed by atoms with Crippen molar-refractivity contribution in [3.05, 3.63) is 230 Å². The highest BCUT2D eigenvalue weighted by Gasteiger charge is 2.50. The van der Waals surface area contributed by atoms with E-state index < -0.39 is 14.2 Å². The summed E-state index contributed by atoms with van der Waals surface area (Å²) in [5, 5.41) is 7.29. The largest absolute Gasteiger partial charge is 0.311 e. The molecule has 0 spiro atoms. The summed E-state index contributed by atoms with van der Waals surface area (Å²) in [7, 11) is -3.14. The lowest BCUT2D eigenvalue weighted by molar-refractivity contribution is 0.402. The van der Waals surface area contributed by atoms with Crippen LogP contribution in [0.5, 0.6) is 0 Å². The monoisotopic (exact) mass is 776 g/mol. The van der Waals surface area contributed by atoms with Crippen LogP contribution in [0.1, 0.15) is 17.3 Å². The lowest BCUT2D eigenvalue weighted by atomic mass is 9.99. The molecule has 4 heterocycles. The van der Waals surface area contributed by atoms with Crippen molar-refractivity contribution in [2.75, 3.05) is 4.90 Å². The molecule has 1 aliphatic rings. The molecule has 6 heteroatoms. The van der Waals surface area contributed by atoms with Crippen molar-refractivity contribution in [2.24, 2.45) is 0 Å². The van der Waals surface area contributed by atoms with E-state index in [1.807, 2.05) is 72.9 Å². The van der Waals surface area contributed by atoms with Crippen molar-refractivity contribution in [1.29, 1.82) is 0 Å². The van der Waals surface area contributed by atoms with E-state index >= 15 is 4.39 Å². The van der Waals surface area contributed by atoms with Crippen molar-refractivity contribution < 1.29 is 4.39 Å². The SMILES string of the molecule is FC(c1cccc(-c2ccccn2)c1)c1cccc(-n2c3ncccc3c3ccc4c(c32)[Si](c2ccccc2)(c2ccccc2)c2ccccc2N4c2ccccc2)c1. The Labute approximate surface area is 343 Å². The summed E-state index contributed by atoms with van der Waals surface area (Å²) >= 11 is 0. The molecule has 10 aromatic rings. The maximum Gasteiger partial charge on any atom is 0.186 e. The molecular weight excluding hydrogens is 740 g/mol. The predicted octanol–water partition coefficient (Wildman–Crippen LogP) is 10.5. The van der Waals surface area contributed by atoms with Gasteiger partial charge in [-0.3, -0.25) is 9.55 Å². The van der Waals surface area contributed by atoms with Crippen LogP contribution >= 0.6 is 0 Å². The van der Waals surface area contributed by atoms with Gasteiger partial charge in [-0.1, -0.05) is 140 Å². The minimum Gasteiger partial charge on any atom is -0.311 e. The van der Waals surface area contributed by atoms with E-state index in [0.29, 0.717) is 11.1 Å². The van der Waals surface area contributed by atoms with Gasteiger partial charge in [0, 0.05) is 56.7 Å². The van der Waals surface area contributed by atoms with Gasteiger partial charge < -0.3 is 4.90 Å². The standard InChI is InChI=1S/C53H37FN4Si/c54-50(38-18-14-17-37(35-38)46-28-12-13-33-55-46)39-19-15-22-41(36-39)58-51-44(45-27-16-34-56-53(45)58)31-32-48-52(51)59(42-23-6-2-7-24-42,43-25-8-3-9-26-43)49-30-11-10-29-47(49)57(48)40-20-4-1-5-21-40/h1-36,50H. The summed E-state index contributed by atoms with van der Waals surface area (Å²) in [5.74, 6) is 0. The van der Waals surface area contributed by atoms with Crippen molar-refractivity contribution in [3.63, 3.8) is 0 Å². The van der Waals surface area contributed by atoms with E-state index in [2.05, 4.69) is 154 Å². The van der Waals surface area contributed by atoms with E-state index in [0.717, 1.165) is 50.3 Å². The molecule has 59 heavy (non-hydrogen) atoms. The zero-order valence-electron chi connectivity index (χ0n) is 32.0. The summed E-state index contributed by atoms with van der Waals surface area (Å²) < 4.78 is 19.3. The van der Waals surface area contributed by atoms with Crippen molar-refractivity contribution >= 4 is 67.8 Å². The number of nitrogens with zero attached hydrogens (tertiary/aromatic N) is 4. The summed E-state index contributed by atoms with van der Waals surface area (Å²) in [6.45, 7) is 0. The van der Waals surface area contributed by atoms with Crippen LogP contribution in [-0.4, -0.2) is 22.6 Å². The Hall–Kier alpha value is -7.41. The highest BCUT2D eigenvalue weighted by molar-refractivity contribution is 7.22. The Bertz CT molecular complexity index is 3090. The second-order valence-electron chi connectivity index (χ2n) is 15.0. The number of pyridine rings is 2. The number of para-hydroxylation sites is 2. The molecule has 0 aliphatic carbocycles. The highest BCUT2D eigenvalue weighted by atomic mass is 28.3. The number of benzene rings is 7. The van der Waals surface area contributed by atoms with Crippen LogP contribution in [0.25, 0.3) is 38.9 Å². The Balaban J connectivity index is 1.24. The topological polar surface area (TPSA) is 34.0 Å². The first-order valence-electron chi connectivity index (χ1n) is 20.0. The smallest absolute Gasteiger partial charge is 0.186 e. The molecule has 0 bridgehead atoms. The molecule has 0 fully saturated rings. The number of hydrogen-bond donors (Lipinski definition) is 0. The first-order chi connectivity index (χ1) is 29.2. The number of aromatic nitrogens is 3. The molecule has 1 unspecified atom stereocenters. The molecule has 0 N–H and O–H groups in total. The molecular formula is C53H37FN4Si. The molecule has 0 radical (unpaired) electrons. The van der Waals surface area contributed by atoms with Crippen molar-refractivity contribution in [2.45, 2.75) is 6.17 Å². The molecule has 3 aromatic heterocycles. The zero-order valence-corrected chi connectivity index (χ0v) is 33.0. The third kappa shape index (κ3) is 5.48. The summed E-state index contributed by atoms with van der Waals surface area (Å²) in [5.41, 5.74) is 8.98. The van der Waals surface area contributed by atoms with E-state index in [9.17, 15) is 0 Å². The maximum atomic E-state index is 17.0. The average Bonchev–Trinajstić information content (AvgIpc) is 3.66. The minimum atomic E-state index is -3.14. The van der Waals surface area contributed by atoms with Gasteiger partial charge in [0.2, 0.25) is 0 Å². The Morgan fingerprint density at radius 1 is 0.475 bits per heavy atom. The maximum absolute atomic E-state index is 17.0. The van der Waals surface area contributed by atoms with Crippen molar-refractivity contribution in [3.8, 4) is 16.9 Å². The van der Waals surface area contributed by atoms with Crippen molar-refractivity contribution in [1.82, 2.24) is 14.5 Å². The Kier molecular flexibility index (Phi) is 8.38. The number of hydrogen-bond acceptors (Lipinski definition) is 3. The predicted molar refractivity (Wildman–Crippen MR) is 243 cm³/mol. The molecule has 0 saturated carbocycles. The summed E-state index contributed by atoms with van der Waals surface area (Å²) in [4.78, 5) is 12.1. The first-order valence-corrected chi connectivity index (χ1v) is 22.0. The van der Waals surface area contributed by atoms with Crippen LogP contribution in [0, 0.1) is 0 Å². The first kappa shape index (κ1) is 34.8. The number of rotatable bonds is 7. The van der Waals surface area contributed by atoms with Gasteiger partial charge in [-0.2, -0.15) is 0 Å². The summed E-state index contributed by atoms with van der Waals surface area (Å²) in [6, 6.07) is 71.9. The van der Waals surface area contributed by atoms with Crippen LogP contribution < -0.4 is 25.6 Å². The number of halogens is 1. The van der Waals surface area contributed by atoms with Crippen LogP contribution in [-0.2, 0) is 0 Å². The van der Waals surface area contributed by atoms with E-state index in [1.165, 1.54) is 26.4 Å². The lowest BCUT2D eigenvalue weighted by Gasteiger charge is -2.45. The number of anilines is 3. The van der Waals surface area contributed by atoms with E-state index in [1.54, 1.807) is 6.20 Å². The van der Waals surface area contributed by atoms with Gasteiger partial charge in [0.25, 0.3) is 0 Å². The fourth-order valence-corrected chi connectivity index (χ4v) is 14.7. The third-order valence-corrected chi connectivity index (χ3v) is 16.7. The van der Waals surface area contributed by atoms with Gasteiger partial charge in [0.05, 0.1) is 11.2 Å². The van der Waals surface area contributed by atoms with Crippen LogP contribution in [0.4, 0.5) is 21.5 Å². The Morgan fingerprint density at radius 3 is 1.86 bits per heavy atom. The quantitative estimate of drug-likeness (QED) is 0.151. The fraction of sp³-hybridized carbons (Fsp3) is 0.0189. The average molecular weight is 777 g/mol. The fourth-order valence-electron chi connectivity index (χ4n) is 9.38. The lowest BCUT2D eigenvalue weighted by Crippen LogP contribution is -2.77. The second-order valence-corrected chi connectivity index (χ2v) is 18.7.